The molecule has 196 valence electrons. The molecule has 2 saturated heterocycles. The first-order valence-corrected chi connectivity index (χ1v) is 12.6. The van der Waals surface area contributed by atoms with Crippen LogP contribution in [-0.2, 0) is 0 Å². The van der Waals surface area contributed by atoms with Crippen molar-refractivity contribution in [2.75, 3.05) is 62.6 Å². The first-order valence-electron chi connectivity index (χ1n) is 12.6. The number of pyridine rings is 1. The Balaban J connectivity index is 1.37. The molecular weight excluding hydrogens is 487 g/mol. The smallest absolute Gasteiger partial charge is 0.255 e. The number of piperazine rings is 2. The maximum Gasteiger partial charge on any atom is 0.255 e. The van der Waals surface area contributed by atoms with E-state index in [9.17, 15) is 18.8 Å². The molecule has 0 saturated carbocycles. The van der Waals surface area contributed by atoms with Gasteiger partial charge >= 0.3 is 0 Å². The van der Waals surface area contributed by atoms with Gasteiger partial charge in [-0.25, -0.2) is 4.39 Å². The van der Waals surface area contributed by atoms with Crippen LogP contribution in [0.1, 0.15) is 31.1 Å². The molecular formula is C28H29FN6O3. The second-order valence-electron chi connectivity index (χ2n) is 9.26. The maximum atomic E-state index is 13.4. The maximum absolute atomic E-state index is 13.4. The van der Waals surface area contributed by atoms with Crippen molar-refractivity contribution in [2.24, 2.45) is 0 Å². The highest BCUT2D eigenvalue weighted by Crippen LogP contribution is 2.30. The van der Waals surface area contributed by atoms with Crippen molar-refractivity contribution in [2.45, 2.75) is 0 Å². The van der Waals surface area contributed by atoms with Gasteiger partial charge in [-0.3, -0.25) is 19.4 Å². The fourth-order valence-electron chi connectivity index (χ4n) is 4.71. The lowest BCUT2D eigenvalue weighted by Gasteiger charge is -2.37. The summed E-state index contributed by atoms with van der Waals surface area (Å²) in [6.45, 7) is 4.81. The van der Waals surface area contributed by atoms with Crippen LogP contribution < -0.4 is 15.5 Å². The molecule has 3 heterocycles. The summed E-state index contributed by atoms with van der Waals surface area (Å²) in [5.74, 6) is -0.991. The van der Waals surface area contributed by atoms with Crippen molar-refractivity contribution in [3.05, 3.63) is 89.5 Å². The van der Waals surface area contributed by atoms with Gasteiger partial charge in [-0.05, 0) is 54.6 Å². The predicted molar refractivity (Wildman–Crippen MR) is 142 cm³/mol. The van der Waals surface area contributed by atoms with Crippen molar-refractivity contribution in [1.82, 2.24) is 20.1 Å². The van der Waals surface area contributed by atoms with Crippen LogP contribution in [0.25, 0.3) is 0 Å². The van der Waals surface area contributed by atoms with Gasteiger partial charge in [-0.15, -0.1) is 0 Å². The third-order valence-corrected chi connectivity index (χ3v) is 6.82. The Morgan fingerprint density at radius 3 is 2.13 bits per heavy atom. The van der Waals surface area contributed by atoms with Gasteiger partial charge in [-0.1, -0.05) is 0 Å². The van der Waals surface area contributed by atoms with Gasteiger partial charge in [0.15, 0.2) is 0 Å². The number of carbonyl (C=O) groups is 3. The summed E-state index contributed by atoms with van der Waals surface area (Å²) in [6.07, 6.45) is 3.19. The third kappa shape index (κ3) is 5.65. The Labute approximate surface area is 220 Å². The zero-order valence-corrected chi connectivity index (χ0v) is 20.9. The van der Waals surface area contributed by atoms with E-state index in [2.05, 4.69) is 20.5 Å². The van der Waals surface area contributed by atoms with Crippen LogP contribution in [0.15, 0.2) is 67.0 Å². The normalized spacial score (nSPS) is 15.8. The topological polar surface area (TPSA) is 97.9 Å². The van der Waals surface area contributed by atoms with E-state index in [-0.39, 0.29) is 11.8 Å². The van der Waals surface area contributed by atoms with E-state index in [4.69, 9.17) is 0 Å². The number of carbonyl (C=O) groups excluding carboxylic acids is 3. The number of hydrogen-bond acceptors (Lipinski definition) is 6. The molecule has 10 heteroatoms. The third-order valence-electron chi connectivity index (χ3n) is 6.82. The minimum atomic E-state index is -0.426. The fraction of sp³-hybridized carbons (Fsp3) is 0.286. The Morgan fingerprint density at radius 2 is 1.45 bits per heavy atom. The molecule has 3 amide bonds. The van der Waals surface area contributed by atoms with Crippen LogP contribution in [0, 0.1) is 5.82 Å². The van der Waals surface area contributed by atoms with E-state index >= 15 is 0 Å². The van der Waals surface area contributed by atoms with Crippen LogP contribution in [0.3, 0.4) is 0 Å². The largest absolute Gasteiger partial charge is 0.366 e. The Hall–Kier alpha value is -4.31. The molecule has 5 rings (SSSR count). The highest BCUT2D eigenvalue weighted by molar-refractivity contribution is 6.07. The number of benzene rings is 2. The summed E-state index contributed by atoms with van der Waals surface area (Å²) in [5.41, 5.74) is 2.58. The minimum Gasteiger partial charge on any atom is -0.366 e. The molecule has 1 aromatic heterocycles. The van der Waals surface area contributed by atoms with Gasteiger partial charge in [0.05, 0.1) is 16.9 Å². The summed E-state index contributed by atoms with van der Waals surface area (Å²) >= 11 is 0. The van der Waals surface area contributed by atoms with Crippen molar-refractivity contribution < 1.29 is 18.8 Å². The molecule has 9 nitrogen and oxygen atoms in total. The van der Waals surface area contributed by atoms with E-state index < -0.39 is 11.7 Å². The van der Waals surface area contributed by atoms with Crippen LogP contribution in [-0.4, -0.2) is 84.9 Å². The monoisotopic (exact) mass is 516 g/mol. The quantitative estimate of drug-likeness (QED) is 0.541. The predicted octanol–water partition coefficient (Wildman–Crippen LogP) is 2.48. The lowest BCUT2D eigenvalue weighted by molar-refractivity contribution is 0.0731. The van der Waals surface area contributed by atoms with Gasteiger partial charge in [0.25, 0.3) is 17.7 Å². The Kier molecular flexibility index (Phi) is 7.60. The number of nitrogens with zero attached hydrogens (tertiary/aromatic N) is 4. The molecule has 2 fully saturated rings. The van der Waals surface area contributed by atoms with Crippen molar-refractivity contribution >= 4 is 29.1 Å². The molecule has 2 aliphatic rings. The highest BCUT2D eigenvalue weighted by atomic mass is 19.1. The number of anilines is 2. The van der Waals surface area contributed by atoms with Crippen molar-refractivity contribution in [1.29, 1.82) is 0 Å². The van der Waals surface area contributed by atoms with Crippen LogP contribution in [0.5, 0.6) is 0 Å². The van der Waals surface area contributed by atoms with E-state index in [0.717, 1.165) is 18.8 Å². The van der Waals surface area contributed by atoms with E-state index in [1.807, 2.05) is 6.07 Å². The summed E-state index contributed by atoms with van der Waals surface area (Å²) in [7, 11) is 0. The van der Waals surface area contributed by atoms with Crippen LogP contribution in [0.2, 0.25) is 0 Å². The Morgan fingerprint density at radius 1 is 0.789 bits per heavy atom. The molecule has 0 radical (unpaired) electrons. The fourth-order valence-corrected chi connectivity index (χ4v) is 4.71. The van der Waals surface area contributed by atoms with Gasteiger partial charge in [0.1, 0.15) is 5.82 Å². The van der Waals surface area contributed by atoms with Gasteiger partial charge in [-0.2, -0.15) is 0 Å². The van der Waals surface area contributed by atoms with Gasteiger partial charge in [0, 0.05) is 75.9 Å². The minimum absolute atomic E-state index is 0.0699. The molecule has 2 aliphatic heterocycles. The molecule has 38 heavy (non-hydrogen) atoms. The zero-order chi connectivity index (χ0) is 26.5. The second-order valence-corrected chi connectivity index (χ2v) is 9.26. The van der Waals surface area contributed by atoms with Gasteiger partial charge in [0.2, 0.25) is 0 Å². The summed E-state index contributed by atoms with van der Waals surface area (Å²) in [5, 5.41) is 6.17. The van der Waals surface area contributed by atoms with Crippen LogP contribution >= 0.6 is 0 Å². The lowest BCUT2D eigenvalue weighted by atomic mass is 10.1. The summed E-state index contributed by atoms with van der Waals surface area (Å²) in [6, 6.07) is 14.1. The second kappa shape index (κ2) is 11.4. The average molecular weight is 517 g/mol. The average Bonchev–Trinajstić information content (AvgIpc) is 2.97. The van der Waals surface area contributed by atoms with E-state index in [1.165, 1.54) is 24.3 Å². The molecule has 0 spiro atoms. The SMILES string of the molecule is O=C(Nc1cc(C(=O)N2CCNCC2)ccc1N1CCN(C(=O)c2cccnc2)CC1)c1ccc(F)cc1. The zero-order valence-electron chi connectivity index (χ0n) is 20.9. The van der Waals surface area contributed by atoms with Crippen molar-refractivity contribution in [3.63, 3.8) is 0 Å². The molecule has 2 N–H and O–H groups in total. The number of amides is 3. The van der Waals surface area contributed by atoms with E-state index in [1.54, 1.807) is 46.5 Å². The summed E-state index contributed by atoms with van der Waals surface area (Å²) in [4.78, 5) is 48.7. The molecule has 2 aromatic carbocycles. The standard InChI is InChI=1S/C28H29FN6O3/c29-23-6-3-20(4-7-23)26(36)32-24-18-21(27(37)34-12-10-30-11-13-34)5-8-25(24)33-14-16-35(17-15-33)28(38)22-2-1-9-31-19-22/h1-9,18-19,30H,10-17H2,(H,32,36). The first-order chi connectivity index (χ1) is 18.5. The Bertz CT molecular complexity index is 1300. The molecule has 0 bridgehead atoms. The molecule has 0 atom stereocenters. The molecule has 0 aliphatic carbocycles. The van der Waals surface area contributed by atoms with Crippen LogP contribution in [0.4, 0.5) is 15.8 Å². The lowest BCUT2D eigenvalue weighted by Crippen LogP contribution is -2.49. The number of halogens is 1. The first kappa shape index (κ1) is 25.3. The number of rotatable bonds is 5. The summed E-state index contributed by atoms with van der Waals surface area (Å²) < 4.78 is 13.4. The molecule has 0 unspecified atom stereocenters. The number of hydrogen-bond donors (Lipinski definition) is 2. The molecule has 3 aromatic rings. The number of aromatic nitrogens is 1. The number of nitrogens with one attached hydrogen (secondary N) is 2. The van der Waals surface area contributed by atoms with Gasteiger partial charge < -0.3 is 25.3 Å². The van der Waals surface area contributed by atoms with Crippen molar-refractivity contribution in [3.8, 4) is 0 Å². The van der Waals surface area contributed by atoms with E-state index in [0.29, 0.717) is 61.6 Å². The highest BCUT2D eigenvalue weighted by Gasteiger charge is 2.26.